The van der Waals surface area contributed by atoms with Crippen molar-refractivity contribution in [2.75, 3.05) is 18.5 Å². The van der Waals surface area contributed by atoms with Crippen LogP contribution in [0.4, 0.5) is 5.82 Å². The maximum Gasteiger partial charge on any atom is 0.351 e. The lowest BCUT2D eigenvalue weighted by atomic mass is 10.1. The van der Waals surface area contributed by atoms with Crippen LogP contribution >= 0.6 is 0 Å². The fourth-order valence-corrected chi connectivity index (χ4v) is 4.93. The van der Waals surface area contributed by atoms with E-state index >= 15 is 0 Å². The van der Waals surface area contributed by atoms with Gasteiger partial charge >= 0.3 is 29.6 Å². The van der Waals surface area contributed by atoms with Crippen molar-refractivity contribution in [3.8, 4) is 0 Å². The molecule has 5 rings (SSSR count). The molecule has 1 aliphatic rings. The van der Waals surface area contributed by atoms with E-state index in [1.54, 1.807) is 99.6 Å². The van der Waals surface area contributed by atoms with Crippen LogP contribution in [0.2, 0.25) is 0 Å². The second kappa shape index (κ2) is 15.4. The summed E-state index contributed by atoms with van der Waals surface area (Å²) < 4.78 is 29.9. The topological polar surface area (TPSA) is 161 Å². The second-order valence-electron chi connectivity index (χ2n) is 11.9. The van der Waals surface area contributed by atoms with Crippen molar-refractivity contribution in [1.29, 1.82) is 0 Å². The lowest BCUT2D eigenvalue weighted by Crippen LogP contribution is -2.42. The molecule has 2 heterocycles. The van der Waals surface area contributed by atoms with Crippen LogP contribution in [0.5, 0.6) is 0 Å². The number of carbonyl (C=O) groups is 4. The number of rotatable bonds is 11. The summed E-state index contributed by atoms with van der Waals surface area (Å²) >= 11 is 0. The zero-order valence-electron chi connectivity index (χ0n) is 27.0. The first kappa shape index (κ1) is 34.5. The normalized spacial score (nSPS) is 18.6. The molecule has 0 unspecified atom stereocenters. The predicted molar refractivity (Wildman–Crippen MR) is 175 cm³/mol. The molecule has 1 fully saturated rings. The molecule has 3 aromatic carbocycles. The third-order valence-electron chi connectivity index (χ3n) is 7.12. The van der Waals surface area contributed by atoms with Gasteiger partial charge in [0.15, 0.2) is 18.4 Å². The fourth-order valence-electron chi connectivity index (χ4n) is 4.93. The lowest BCUT2D eigenvalue weighted by Gasteiger charge is -2.25. The number of nitrogens with one attached hydrogen (secondary N) is 1. The molecule has 13 nitrogen and oxygen atoms in total. The summed E-state index contributed by atoms with van der Waals surface area (Å²) in [7, 11) is 0. The maximum absolute atomic E-state index is 13.4. The second-order valence-corrected chi connectivity index (χ2v) is 11.9. The van der Waals surface area contributed by atoms with E-state index in [1.165, 1.54) is 24.4 Å². The average Bonchev–Trinajstić information content (AvgIpc) is 3.42. The van der Waals surface area contributed by atoms with Crippen LogP contribution in [0.25, 0.3) is 0 Å². The molecule has 0 spiro atoms. The molecule has 1 aliphatic heterocycles. The van der Waals surface area contributed by atoms with Crippen LogP contribution in [-0.2, 0) is 28.5 Å². The third kappa shape index (κ3) is 9.17. The minimum Gasteiger partial charge on any atom is -0.459 e. The van der Waals surface area contributed by atoms with Gasteiger partial charge in [-0.1, -0.05) is 54.6 Å². The molecule has 0 aliphatic carbocycles. The van der Waals surface area contributed by atoms with Gasteiger partial charge in [-0.15, -0.1) is 0 Å². The minimum atomic E-state index is -1.40. The SMILES string of the molecule is CC(C)(C)OC(=O)CNc1ccn([C@@H]2O[C@H](COC(=O)c3ccccc3)[C@@H](OC(=O)c3ccccc3)[C@H]2OC(=O)c2ccccc2)c(=O)n1. The van der Waals surface area contributed by atoms with Gasteiger partial charge < -0.3 is 29.0 Å². The Morgan fingerprint density at radius 2 is 1.27 bits per heavy atom. The fraction of sp³-hybridized carbons (Fsp3) is 0.278. The van der Waals surface area contributed by atoms with Crippen LogP contribution < -0.4 is 11.0 Å². The monoisotopic (exact) mass is 669 g/mol. The van der Waals surface area contributed by atoms with Gasteiger partial charge in [-0.2, -0.15) is 4.98 Å². The molecule has 4 atom stereocenters. The van der Waals surface area contributed by atoms with Gasteiger partial charge in [0.25, 0.3) is 0 Å². The Morgan fingerprint density at radius 3 is 1.78 bits per heavy atom. The van der Waals surface area contributed by atoms with Crippen molar-refractivity contribution >= 4 is 29.7 Å². The van der Waals surface area contributed by atoms with Crippen LogP contribution in [0.1, 0.15) is 58.1 Å². The molecule has 254 valence electrons. The number of nitrogens with zero attached hydrogens (tertiary/aromatic N) is 2. The molecular weight excluding hydrogens is 634 g/mol. The van der Waals surface area contributed by atoms with Crippen molar-refractivity contribution in [2.24, 2.45) is 0 Å². The molecule has 0 amide bonds. The van der Waals surface area contributed by atoms with Gasteiger partial charge in [0, 0.05) is 6.20 Å². The first-order valence-corrected chi connectivity index (χ1v) is 15.4. The summed E-state index contributed by atoms with van der Waals surface area (Å²) in [4.78, 5) is 69.1. The number of esters is 4. The van der Waals surface area contributed by atoms with Gasteiger partial charge in [-0.25, -0.2) is 19.2 Å². The zero-order chi connectivity index (χ0) is 35.0. The van der Waals surface area contributed by atoms with E-state index < -0.39 is 66.3 Å². The van der Waals surface area contributed by atoms with E-state index in [4.69, 9.17) is 23.7 Å². The number of aromatic nitrogens is 2. The van der Waals surface area contributed by atoms with E-state index in [1.807, 2.05) is 0 Å². The summed E-state index contributed by atoms with van der Waals surface area (Å²) in [6.45, 7) is 4.51. The number of carbonyl (C=O) groups excluding carboxylic acids is 4. The van der Waals surface area contributed by atoms with Gasteiger partial charge in [0.05, 0.1) is 16.7 Å². The number of hydrogen-bond donors (Lipinski definition) is 1. The van der Waals surface area contributed by atoms with Crippen molar-refractivity contribution < 1.29 is 42.9 Å². The zero-order valence-corrected chi connectivity index (χ0v) is 27.0. The third-order valence-corrected chi connectivity index (χ3v) is 7.12. The number of hydrogen-bond acceptors (Lipinski definition) is 12. The molecule has 13 heteroatoms. The highest BCUT2D eigenvalue weighted by Gasteiger charge is 2.51. The highest BCUT2D eigenvalue weighted by atomic mass is 16.7. The van der Waals surface area contributed by atoms with Gasteiger partial charge in [-0.3, -0.25) is 9.36 Å². The average molecular weight is 670 g/mol. The molecule has 0 bridgehead atoms. The molecule has 1 aromatic heterocycles. The lowest BCUT2D eigenvalue weighted by molar-refractivity contribution is -0.152. The molecule has 1 N–H and O–H groups in total. The molecule has 49 heavy (non-hydrogen) atoms. The smallest absolute Gasteiger partial charge is 0.351 e. The number of benzene rings is 3. The number of anilines is 1. The first-order chi connectivity index (χ1) is 23.5. The molecule has 0 radical (unpaired) electrons. The summed E-state index contributed by atoms with van der Waals surface area (Å²) in [5.41, 5.74) is -0.862. The van der Waals surface area contributed by atoms with Crippen molar-refractivity contribution in [3.63, 3.8) is 0 Å². The Hall–Kier alpha value is -5.82. The Kier molecular flexibility index (Phi) is 10.8. The van der Waals surface area contributed by atoms with E-state index in [-0.39, 0.29) is 29.1 Å². The van der Waals surface area contributed by atoms with E-state index in [2.05, 4.69) is 10.3 Å². The Balaban J connectivity index is 1.46. The van der Waals surface area contributed by atoms with Crippen molar-refractivity contribution in [1.82, 2.24) is 9.55 Å². The Morgan fingerprint density at radius 1 is 0.755 bits per heavy atom. The van der Waals surface area contributed by atoms with Gasteiger partial charge in [-0.05, 0) is 63.2 Å². The van der Waals surface area contributed by atoms with E-state index in [0.29, 0.717) is 0 Å². The Labute approximate surface area is 281 Å². The van der Waals surface area contributed by atoms with E-state index in [0.717, 1.165) is 4.57 Å². The minimum absolute atomic E-state index is 0.0725. The first-order valence-electron chi connectivity index (χ1n) is 15.4. The maximum atomic E-state index is 13.4. The van der Waals surface area contributed by atoms with Gasteiger partial charge in [0.1, 0.15) is 30.7 Å². The standard InChI is InChI=1S/C36H35N3O10/c1-36(2,3)49-28(40)21-37-27-19-20-39(35(44)38-27)31-30(48-34(43)25-17-11-6-12-18-25)29(47-33(42)24-15-9-5-10-16-24)26(46-31)22-45-32(41)23-13-7-4-8-14-23/h4-20,26,29-31H,21-22H2,1-3H3,(H,37,38,44)/t26-,29-,30-,31-/m1/s1. The summed E-state index contributed by atoms with van der Waals surface area (Å²) in [6.07, 6.45) is -3.97. The quantitative estimate of drug-likeness (QED) is 0.179. The Bertz CT molecular complexity index is 1820. The summed E-state index contributed by atoms with van der Waals surface area (Å²) in [5, 5.41) is 2.75. The molecular formula is C36H35N3O10. The van der Waals surface area contributed by atoms with E-state index in [9.17, 15) is 24.0 Å². The van der Waals surface area contributed by atoms with Crippen LogP contribution in [-0.4, -0.2) is 70.5 Å². The van der Waals surface area contributed by atoms with Crippen LogP contribution in [0.3, 0.4) is 0 Å². The molecule has 1 saturated heterocycles. The summed E-state index contributed by atoms with van der Waals surface area (Å²) in [5.74, 6) is -2.69. The summed E-state index contributed by atoms with van der Waals surface area (Å²) in [6, 6.07) is 25.9. The van der Waals surface area contributed by atoms with Crippen molar-refractivity contribution in [3.05, 3.63) is 130 Å². The predicted octanol–water partition coefficient (Wildman–Crippen LogP) is 4.20. The number of ether oxygens (including phenoxy) is 5. The molecule has 0 saturated carbocycles. The van der Waals surface area contributed by atoms with Crippen LogP contribution in [0, 0.1) is 0 Å². The van der Waals surface area contributed by atoms with Crippen LogP contribution in [0.15, 0.2) is 108 Å². The molecule has 4 aromatic rings. The van der Waals surface area contributed by atoms with Crippen molar-refractivity contribution in [2.45, 2.75) is 50.9 Å². The largest absolute Gasteiger partial charge is 0.459 e. The highest BCUT2D eigenvalue weighted by Crippen LogP contribution is 2.35. The van der Waals surface area contributed by atoms with Gasteiger partial charge in [0.2, 0.25) is 0 Å². The highest BCUT2D eigenvalue weighted by molar-refractivity contribution is 5.91.